The maximum Gasteiger partial charge on any atom is 0.275 e. The van der Waals surface area contributed by atoms with E-state index < -0.39 is 29.0 Å². The summed E-state index contributed by atoms with van der Waals surface area (Å²) in [6.45, 7) is 2.83. The average molecular weight is 629 g/mol. The lowest BCUT2D eigenvalue weighted by Gasteiger charge is -2.37. The van der Waals surface area contributed by atoms with E-state index in [2.05, 4.69) is 15.3 Å². The van der Waals surface area contributed by atoms with Crippen molar-refractivity contribution in [3.8, 4) is 10.4 Å². The predicted molar refractivity (Wildman–Crippen MR) is 157 cm³/mol. The maximum atomic E-state index is 13.7. The van der Waals surface area contributed by atoms with Crippen molar-refractivity contribution in [2.75, 3.05) is 29.9 Å². The minimum Gasteiger partial charge on any atom is -0.331 e. The van der Waals surface area contributed by atoms with Crippen LogP contribution in [0.2, 0.25) is 0 Å². The number of fused-ring (bicyclic) bond motifs is 1. The first-order chi connectivity index (χ1) is 20.4. The van der Waals surface area contributed by atoms with Crippen LogP contribution in [0.3, 0.4) is 0 Å². The number of aryl methyl sites for hydroxylation is 1. The smallest absolute Gasteiger partial charge is 0.275 e. The minimum absolute atomic E-state index is 0.0323. The molecule has 10 nitrogen and oxygen atoms in total. The number of thiazole rings is 1. The van der Waals surface area contributed by atoms with Gasteiger partial charge in [0, 0.05) is 25.6 Å². The van der Waals surface area contributed by atoms with Gasteiger partial charge in [-0.15, -0.1) is 0 Å². The number of rotatable bonds is 8. The zero-order chi connectivity index (χ0) is 30.3. The highest BCUT2D eigenvalue weighted by Gasteiger charge is 2.51. The molecular weight excluding hydrogens is 598 g/mol. The number of nitrogens with zero attached hydrogens (tertiary/aromatic N) is 5. The highest BCUT2D eigenvalue weighted by Crippen LogP contribution is 2.44. The van der Waals surface area contributed by atoms with E-state index in [4.69, 9.17) is 0 Å². The maximum absolute atomic E-state index is 13.7. The van der Waals surface area contributed by atoms with Crippen LogP contribution in [0.25, 0.3) is 10.4 Å². The van der Waals surface area contributed by atoms with E-state index in [9.17, 15) is 26.8 Å². The van der Waals surface area contributed by atoms with Gasteiger partial charge in [0.05, 0.1) is 34.1 Å². The minimum atomic E-state index is -4.36. The van der Waals surface area contributed by atoms with Crippen molar-refractivity contribution in [2.24, 2.45) is 5.92 Å². The largest absolute Gasteiger partial charge is 0.331 e. The van der Waals surface area contributed by atoms with E-state index >= 15 is 0 Å². The van der Waals surface area contributed by atoms with Gasteiger partial charge in [-0.3, -0.25) is 14.5 Å². The summed E-state index contributed by atoms with van der Waals surface area (Å²) in [5.41, 5.74) is 1.81. The molecule has 2 amide bonds. The number of sulfonamides is 1. The van der Waals surface area contributed by atoms with Crippen LogP contribution >= 0.6 is 11.3 Å². The number of amides is 2. The van der Waals surface area contributed by atoms with E-state index in [1.807, 2.05) is 13.0 Å². The summed E-state index contributed by atoms with van der Waals surface area (Å²) in [4.78, 5) is 38.8. The van der Waals surface area contributed by atoms with Crippen LogP contribution < -0.4 is 10.2 Å². The zero-order valence-corrected chi connectivity index (χ0v) is 25.3. The standard InChI is InChI=1S/C29H30F2N6O4S2/c1-16-26(42-28(32-16)34-22-5-3-6-23(33-22)36-10-4-7-24(36)38)19-11-20-13-37(17(2)18-8-9-18)27(39)25(20)21(12-19)43(40,41)35-14-29(30,31)15-35/h3,5-6,11-12,17-18H,4,7-10,13-15H2,1-2H3,(H,32,33,34). The fourth-order valence-electron chi connectivity index (χ4n) is 6.08. The first-order valence-electron chi connectivity index (χ1n) is 14.3. The van der Waals surface area contributed by atoms with Crippen LogP contribution in [-0.2, 0) is 21.4 Å². The third-order valence-electron chi connectivity index (χ3n) is 8.61. The number of hydrogen-bond acceptors (Lipinski definition) is 8. The Kier molecular flexibility index (Phi) is 6.60. The molecule has 7 rings (SSSR count). The number of pyridine rings is 1. The van der Waals surface area contributed by atoms with Crippen LogP contribution in [0.5, 0.6) is 0 Å². The Bertz CT molecular complexity index is 1770. The monoisotopic (exact) mass is 628 g/mol. The number of carbonyl (C=O) groups excluding carboxylic acids is 2. The van der Waals surface area contributed by atoms with Crippen molar-refractivity contribution in [1.82, 2.24) is 19.2 Å². The molecule has 43 heavy (non-hydrogen) atoms. The van der Waals surface area contributed by atoms with Crippen molar-refractivity contribution >= 4 is 49.9 Å². The van der Waals surface area contributed by atoms with E-state index in [-0.39, 0.29) is 34.9 Å². The Balaban J connectivity index is 1.24. The number of benzene rings is 1. The average Bonchev–Trinajstić information content (AvgIpc) is 3.49. The number of hydrogen-bond donors (Lipinski definition) is 1. The third-order valence-corrected chi connectivity index (χ3v) is 11.5. The molecule has 1 saturated carbocycles. The van der Waals surface area contributed by atoms with Gasteiger partial charge in [0.2, 0.25) is 15.9 Å². The van der Waals surface area contributed by atoms with Gasteiger partial charge in [-0.25, -0.2) is 27.2 Å². The quantitative estimate of drug-likeness (QED) is 0.382. The summed E-state index contributed by atoms with van der Waals surface area (Å²) in [7, 11) is -4.36. The fraction of sp³-hybridized carbons (Fsp3) is 0.448. The molecule has 226 valence electrons. The summed E-state index contributed by atoms with van der Waals surface area (Å²) in [6, 6.07) is 8.55. The highest BCUT2D eigenvalue weighted by atomic mass is 32.2. The molecule has 1 atom stereocenters. The Morgan fingerprint density at radius 1 is 1.14 bits per heavy atom. The summed E-state index contributed by atoms with van der Waals surface area (Å²) < 4.78 is 55.6. The molecule has 5 heterocycles. The lowest BCUT2D eigenvalue weighted by Crippen LogP contribution is -2.58. The molecule has 0 bridgehead atoms. The fourth-order valence-corrected chi connectivity index (χ4v) is 8.78. The molecule has 14 heteroatoms. The second kappa shape index (κ2) is 10.0. The highest BCUT2D eigenvalue weighted by molar-refractivity contribution is 7.89. The van der Waals surface area contributed by atoms with Gasteiger partial charge in [-0.2, -0.15) is 4.31 Å². The predicted octanol–water partition coefficient (Wildman–Crippen LogP) is 4.78. The Morgan fingerprint density at radius 3 is 2.58 bits per heavy atom. The van der Waals surface area contributed by atoms with Crippen LogP contribution in [0.4, 0.5) is 25.5 Å². The summed E-state index contributed by atoms with van der Waals surface area (Å²) in [6.07, 6.45) is 3.32. The van der Waals surface area contributed by atoms with E-state index in [0.29, 0.717) is 57.3 Å². The van der Waals surface area contributed by atoms with Gasteiger partial charge in [0.15, 0.2) is 5.13 Å². The molecule has 0 spiro atoms. The number of anilines is 3. The molecule has 4 aliphatic rings. The van der Waals surface area contributed by atoms with E-state index in [1.54, 1.807) is 34.9 Å². The van der Waals surface area contributed by atoms with Crippen molar-refractivity contribution < 1.29 is 26.8 Å². The molecular formula is C29H30F2N6O4S2. The van der Waals surface area contributed by atoms with Crippen LogP contribution in [0.15, 0.2) is 35.2 Å². The molecule has 0 radical (unpaired) electrons. The lowest BCUT2D eigenvalue weighted by molar-refractivity contribution is -0.117. The van der Waals surface area contributed by atoms with Gasteiger partial charge in [-0.05, 0) is 74.4 Å². The number of carbonyl (C=O) groups is 2. The normalized spacial score (nSPS) is 20.8. The summed E-state index contributed by atoms with van der Waals surface area (Å²) in [5.74, 6) is -2.00. The van der Waals surface area contributed by atoms with Gasteiger partial charge >= 0.3 is 0 Å². The molecule has 1 aromatic carbocycles. The number of nitrogens with one attached hydrogen (secondary N) is 1. The van der Waals surface area contributed by atoms with Gasteiger partial charge in [0.1, 0.15) is 11.6 Å². The summed E-state index contributed by atoms with van der Waals surface area (Å²) in [5, 5.41) is 3.70. The van der Waals surface area contributed by atoms with Crippen molar-refractivity contribution in [1.29, 1.82) is 0 Å². The van der Waals surface area contributed by atoms with Crippen molar-refractivity contribution in [3.63, 3.8) is 0 Å². The second-order valence-corrected chi connectivity index (χ2v) is 14.6. The van der Waals surface area contributed by atoms with E-state index in [0.717, 1.165) is 23.6 Å². The first-order valence-corrected chi connectivity index (χ1v) is 16.5. The number of halogens is 2. The van der Waals surface area contributed by atoms with Crippen molar-refractivity contribution in [3.05, 3.63) is 47.2 Å². The zero-order valence-electron chi connectivity index (χ0n) is 23.6. The molecule has 2 aromatic heterocycles. The number of aromatic nitrogens is 2. The molecule has 3 fully saturated rings. The van der Waals surface area contributed by atoms with E-state index in [1.165, 1.54) is 17.4 Å². The molecule has 1 unspecified atom stereocenters. The second-order valence-electron chi connectivity index (χ2n) is 11.7. The third kappa shape index (κ3) is 4.98. The van der Waals surface area contributed by atoms with Gasteiger partial charge in [0.25, 0.3) is 11.8 Å². The van der Waals surface area contributed by atoms with Gasteiger partial charge < -0.3 is 10.2 Å². The van der Waals surface area contributed by atoms with Crippen molar-refractivity contribution in [2.45, 2.75) is 62.9 Å². The summed E-state index contributed by atoms with van der Waals surface area (Å²) >= 11 is 1.29. The van der Waals surface area contributed by atoms with Gasteiger partial charge in [-0.1, -0.05) is 17.4 Å². The SMILES string of the molecule is Cc1nc(Nc2cccc(N3CCCC3=O)n2)sc1-c1cc2c(c(S(=O)(=O)N3CC(F)(F)C3)c1)C(=O)N(C(C)C1CC1)C2. The van der Waals surface area contributed by atoms with Crippen LogP contribution in [0.1, 0.15) is 54.2 Å². The first kappa shape index (κ1) is 28.3. The molecule has 2 saturated heterocycles. The number of alkyl halides is 2. The molecule has 3 aromatic rings. The molecule has 1 aliphatic carbocycles. The van der Waals surface area contributed by atoms with Crippen LogP contribution in [-0.4, -0.2) is 71.0 Å². The van der Waals surface area contributed by atoms with Crippen LogP contribution in [0, 0.1) is 12.8 Å². The Morgan fingerprint density at radius 2 is 1.91 bits per heavy atom. The lowest BCUT2D eigenvalue weighted by atomic mass is 10.0. The Labute approximate surface area is 251 Å². The topological polar surface area (TPSA) is 116 Å². The molecule has 3 aliphatic heterocycles. The molecule has 1 N–H and O–H groups in total. The Hall–Kier alpha value is -3.49.